The first kappa shape index (κ1) is 14.7. The third kappa shape index (κ3) is 3.55. The van der Waals surface area contributed by atoms with Crippen LogP contribution >= 0.6 is 0 Å². The Bertz CT molecular complexity index is 666. The molecule has 1 aromatic heterocycles. The SMILES string of the molecule is CN(Cc1nc(C2CC2)no1)C[C@@H]1CCOc2ccccc2C1. The second kappa shape index (κ2) is 6.32. The Kier molecular flexibility index (Phi) is 4.04. The van der Waals surface area contributed by atoms with Crippen LogP contribution < -0.4 is 4.74 Å². The molecule has 2 aromatic rings. The van der Waals surface area contributed by atoms with E-state index >= 15 is 0 Å². The molecule has 1 saturated carbocycles. The fourth-order valence-electron chi connectivity index (χ4n) is 3.29. The summed E-state index contributed by atoms with van der Waals surface area (Å²) in [6.07, 6.45) is 4.56. The van der Waals surface area contributed by atoms with Crippen LogP contribution in [0.5, 0.6) is 5.75 Å². The number of hydrogen-bond donors (Lipinski definition) is 0. The van der Waals surface area contributed by atoms with E-state index in [9.17, 15) is 0 Å². The van der Waals surface area contributed by atoms with Gasteiger partial charge in [-0.2, -0.15) is 4.98 Å². The van der Waals surface area contributed by atoms with Gasteiger partial charge in [0.2, 0.25) is 5.89 Å². The van der Waals surface area contributed by atoms with Gasteiger partial charge >= 0.3 is 0 Å². The molecule has 0 radical (unpaired) electrons. The highest BCUT2D eigenvalue weighted by atomic mass is 16.5. The predicted octanol–water partition coefficient (Wildman–Crippen LogP) is 3.02. The molecule has 1 aliphatic carbocycles. The smallest absolute Gasteiger partial charge is 0.240 e. The molecule has 23 heavy (non-hydrogen) atoms. The zero-order valence-corrected chi connectivity index (χ0v) is 13.6. The first-order valence-corrected chi connectivity index (χ1v) is 8.49. The van der Waals surface area contributed by atoms with Crippen LogP contribution in [0.2, 0.25) is 0 Å². The number of nitrogens with zero attached hydrogens (tertiary/aromatic N) is 3. The highest BCUT2D eigenvalue weighted by molar-refractivity contribution is 5.34. The number of aromatic nitrogens is 2. The van der Waals surface area contributed by atoms with Crippen molar-refractivity contribution < 1.29 is 9.26 Å². The Labute approximate surface area is 136 Å². The van der Waals surface area contributed by atoms with Crippen LogP contribution in [0.25, 0.3) is 0 Å². The molecule has 0 saturated heterocycles. The lowest BCUT2D eigenvalue weighted by Gasteiger charge is -2.21. The van der Waals surface area contributed by atoms with Crippen LogP contribution in [0.4, 0.5) is 0 Å². The van der Waals surface area contributed by atoms with Crippen molar-refractivity contribution in [3.63, 3.8) is 0 Å². The number of para-hydroxylation sites is 1. The second-order valence-corrected chi connectivity index (χ2v) is 6.83. The Balaban J connectivity index is 1.35. The van der Waals surface area contributed by atoms with Crippen molar-refractivity contribution in [1.82, 2.24) is 15.0 Å². The van der Waals surface area contributed by atoms with Crippen molar-refractivity contribution in [1.29, 1.82) is 0 Å². The molecule has 4 rings (SSSR count). The van der Waals surface area contributed by atoms with Gasteiger partial charge in [0.25, 0.3) is 0 Å². The molecule has 2 aliphatic rings. The van der Waals surface area contributed by atoms with E-state index in [2.05, 4.69) is 40.3 Å². The molecule has 1 aliphatic heterocycles. The fraction of sp³-hybridized carbons (Fsp3) is 0.556. The summed E-state index contributed by atoms with van der Waals surface area (Å²) in [6.45, 7) is 2.53. The Morgan fingerprint density at radius 1 is 1.22 bits per heavy atom. The molecule has 1 atom stereocenters. The molecule has 0 bridgehead atoms. The van der Waals surface area contributed by atoms with Crippen LogP contribution in [0.15, 0.2) is 28.8 Å². The minimum Gasteiger partial charge on any atom is -0.493 e. The van der Waals surface area contributed by atoms with E-state index in [1.807, 2.05) is 6.07 Å². The maximum absolute atomic E-state index is 5.86. The van der Waals surface area contributed by atoms with Crippen molar-refractivity contribution in [2.24, 2.45) is 5.92 Å². The zero-order chi connectivity index (χ0) is 15.6. The van der Waals surface area contributed by atoms with E-state index in [1.54, 1.807) is 0 Å². The number of hydrogen-bond acceptors (Lipinski definition) is 5. The van der Waals surface area contributed by atoms with Gasteiger partial charge < -0.3 is 9.26 Å². The third-order valence-electron chi connectivity index (χ3n) is 4.67. The van der Waals surface area contributed by atoms with E-state index < -0.39 is 0 Å². The van der Waals surface area contributed by atoms with E-state index in [-0.39, 0.29) is 0 Å². The van der Waals surface area contributed by atoms with E-state index in [4.69, 9.17) is 9.26 Å². The van der Waals surface area contributed by atoms with Crippen molar-refractivity contribution in [3.05, 3.63) is 41.5 Å². The van der Waals surface area contributed by atoms with Gasteiger partial charge in [-0.3, -0.25) is 4.90 Å². The van der Waals surface area contributed by atoms with E-state index in [0.717, 1.165) is 50.0 Å². The third-order valence-corrected chi connectivity index (χ3v) is 4.67. The van der Waals surface area contributed by atoms with Crippen LogP contribution in [0.1, 0.15) is 42.5 Å². The van der Waals surface area contributed by atoms with Crippen molar-refractivity contribution in [2.75, 3.05) is 20.2 Å². The van der Waals surface area contributed by atoms with E-state index in [0.29, 0.717) is 11.8 Å². The molecule has 5 heteroatoms. The largest absolute Gasteiger partial charge is 0.493 e. The lowest BCUT2D eigenvalue weighted by Crippen LogP contribution is -2.27. The predicted molar refractivity (Wildman–Crippen MR) is 86.4 cm³/mol. The first-order valence-electron chi connectivity index (χ1n) is 8.49. The number of benzene rings is 1. The minimum absolute atomic E-state index is 0.549. The molecule has 0 N–H and O–H groups in total. The number of fused-ring (bicyclic) bond motifs is 1. The van der Waals surface area contributed by atoms with Gasteiger partial charge in [-0.25, -0.2) is 0 Å². The average molecular weight is 313 g/mol. The van der Waals surface area contributed by atoms with E-state index in [1.165, 1.54) is 18.4 Å². The summed E-state index contributed by atoms with van der Waals surface area (Å²) in [6, 6.07) is 8.37. The summed E-state index contributed by atoms with van der Waals surface area (Å²) < 4.78 is 11.2. The maximum atomic E-state index is 5.86. The summed E-state index contributed by atoms with van der Waals surface area (Å²) in [4.78, 5) is 6.80. The van der Waals surface area contributed by atoms with Gasteiger partial charge in [-0.15, -0.1) is 0 Å². The summed E-state index contributed by atoms with van der Waals surface area (Å²) in [7, 11) is 2.12. The second-order valence-electron chi connectivity index (χ2n) is 6.83. The molecule has 0 unspecified atom stereocenters. The highest BCUT2D eigenvalue weighted by Gasteiger charge is 2.29. The first-order chi connectivity index (χ1) is 11.3. The molecule has 122 valence electrons. The van der Waals surface area contributed by atoms with Crippen LogP contribution in [-0.4, -0.2) is 35.2 Å². The average Bonchev–Trinajstić information content (AvgIpc) is 3.32. The van der Waals surface area contributed by atoms with Gasteiger partial charge in [-0.1, -0.05) is 23.4 Å². The minimum atomic E-state index is 0.549. The summed E-state index contributed by atoms with van der Waals surface area (Å²) in [5.74, 6) is 3.82. The maximum Gasteiger partial charge on any atom is 0.240 e. The lowest BCUT2D eigenvalue weighted by atomic mass is 9.96. The van der Waals surface area contributed by atoms with Crippen LogP contribution in [0, 0.1) is 5.92 Å². The molecule has 2 heterocycles. The van der Waals surface area contributed by atoms with Gasteiger partial charge in [-0.05, 0) is 50.3 Å². The van der Waals surface area contributed by atoms with Crippen LogP contribution in [-0.2, 0) is 13.0 Å². The highest BCUT2D eigenvalue weighted by Crippen LogP contribution is 2.38. The monoisotopic (exact) mass is 313 g/mol. The molecule has 1 aromatic carbocycles. The van der Waals surface area contributed by atoms with Crippen molar-refractivity contribution in [2.45, 2.75) is 38.1 Å². The molecule has 0 amide bonds. The molecular formula is C18H23N3O2. The van der Waals surface area contributed by atoms with Gasteiger partial charge in [0.15, 0.2) is 5.82 Å². The van der Waals surface area contributed by atoms with Crippen LogP contribution in [0.3, 0.4) is 0 Å². The molecule has 0 spiro atoms. The fourth-order valence-corrected chi connectivity index (χ4v) is 3.29. The standard InChI is InChI=1S/C18H23N3O2/c1-21(12-17-19-18(20-23-17)14-6-7-14)11-13-8-9-22-16-5-3-2-4-15(16)10-13/h2-5,13-14H,6-12H2,1H3/t13-/m1/s1. The normalized spacial score (nSPS) is 20.9. The topological polar surface area (TPSA) is 51.4 Å². The summed E-state index contributed by atoms with van der Waals surface area (Å²) in [5.41, 5.74) is 1.32. The number of ether oxygens (including phenoxy) is 1. The molecule has 5 nitrogen and oxygen atoms in total. The van der Waals surface area contributed by atoms with Crippen molar-refractivity contribution >= 4 is 0 Å². The quantitative estimate of drug-likeness (QED) is 0.849. The number of rotatable bonds is 5. The Morgan fingerprint density at radius 3 is 2.96 bits per heavy atom. The molecule has 1 fully saturated rings. The van der Waals surface area contributed by atoms with Gasteiger partial charge in [0, 0.05) is 12.5 Å². The van der Waals surface area contributed by atoms with Crippen molar-refractivity contribution in [3.8, 4) is 5.75 Å². The zero-order valence-electron chi connectivity index (χ0n) is 13.6. The van der Waals surface area contributed by atoms with Gasteiger partial charge in [0.05, 0.1) is 13.2 Å². The summed E-state index contributed by atoms with van der Waals surface area (Å²) in [5, 5.41) is 4.09. The van der Waals surface area contributed by atoms with Gasteiger partial charge in [0.1, 0.15) is 5.75 Å². The molecular weight excluding hydrogens is 290 g/mol. The Hall–Kier alpha value is -1.88. The lowest BCUT2D eigenvalue weighted by molar-refractivity contribution is 0.213. The Morgan fingerprint density at radius 2 is 2.09 bits per heavy atom. The summed E-state index contributed by atoms with van der Waals surface area (Å²) >= 11 is 0.